The fourth-order valence-corrected chi connectivity index (χ4v) is 3.88. The van der Waals surface area contributed by atoms with E-state index in [2.05, 4.69) is 4.72 Å². The van der Waals surface area contributed by atoms with Crippen molar-refractivity contribution in [2.24, 2.45) is 5.73 Å². The minimum Gasteiger partial charge on any atom is -0.341 e. The predicted molar refractivity (Wildman–Crippen MR) is 90.1 cm³/mol. The normalized spacial score (nSPS) is 16.5. The average Bonchev–Trinajstić information content (AvgIpc) is 3.05. The Morgan fingerprint density at radius 2 is 1.87 bits per heavy atom. The van der Waals surface area contributed by atoms with Crippen molar-refractivity contribution in [1.82, 2.24) is 9.62 Å². The van der Waals surface area contributed by atoms with Gasteiger partial charge in [0.05, 0.1) is 11.8 Å². The van der Waals surface area contributed by atoms with Gasteiger partial charge in [-0.1, -0.05) is 30.3 Å². The molecule has 1 heterocycles. The molecule has 0 bridgehead atoms. The third-order valence-electron chi connectivity index (χ3n) is 3.95. The maximum Gasteiger partial charge on any atom is 0.239 e. The maximum atomic E-state index is 12.0. The molecule has 1 atom stereocenters. The number of hydrogen-bond acceptors (Lipinski definition) is 4. The van der Waals surface area contributed by atoms with Crippen LogP contribution >= 0.6 is 0 Å². The van der Waals surface area contributed by atoms with E-state index in [1.54, 1.807) is 17.0 Å². The molecule has 1 saturated heterocycles. The first-order valence-corrected chi connectivity index (χ1v) is 9.69. The van der Waals surface area contributed by atoms with Crippen molar-refractivity contribution in [2.75, 3.05) is 19.6 Å². The van der Waals surface area contributed by atoms with Gasteiger partial charge < -0.3 is 10.6 Å². The lowest BCUT2D eigenvalue weighted by molar-refractivity contribution is -0.131. The molecule has 1 aliphatic heterocycles. The second-order valence-corrected chi connectivity index (χ2v) is 7.73. The summed E-state index contributed by atoms with van der Waals surface area (Å²) in [6.07, 6.45) is 3.12. The predicted octanol–water partition coefficient (Wildman–Crippen LogP) is 0.836. The SMILES string of the molecule is N[C@@H](CCCNS(=O)(=O)Cc1ccccc1)C(=O)N1CCCC1. The van der Waals surface area contributed by atoms with E-state index in [1.807, 2.05) is 18.2 Å². The smallest absolute Gasteiger partial charge is 0.239 e. The molecule has 7 heteroatoms. The van der Waals surface area contributed by atoms with Crippen LogP contribution in [0.5, 0.6) is 0 Å². The van der Waals surface area contributed by atoms with Crippen LogP contribution in [0.1, 0.15) is 31.2 Å². The van der Waals surface area contributed by atoms with E-state index < -0.39 is 16.1 Å². The number of nitrogens with two attached hydrogens (primary N) is 1. The molecule has 1 fully saturated rings. The van der Waals surface area contributed by atoms with Crippen LogP contribution in [0.15, 0.2) is 30.3 Å². The van der Waals surface area contributed by atoms with Crippen LogP contribution in [0, 0.1) is 0 Å². The van der Waals surface area contributed by atoms with Crippen molar-refractivity contribution in [3.8, 4) is 0 Å². The standard InChI is InChI=1S/C16H25N3O3S/c17-15(16(20)19-11-4-5-12-19)9-6-10-18-23(21,22)13-14-7-2-1-3-8-14/h1-3,7-8,15,18H,4-6,9-13,17H2/t15-/m0/s1. The maximum absolute atomic E-state index is 12.0. The number of nitrogens with zero attached hydrogens (tertiary/aromatic N) is 1. The molecule has 0 radical (unpaired) electrons. The van der Waals surface area contributed by atoms with E-state index in [9.17, 15) is 13.2 Å². The van der Waals surface area contributed by atoms with Gasteiger partial charge in [0.1, 0.15) is 0 Å². The van der Waals surface area contributed by atoms with Gasteiger partial charge in [0, 0.05) is 19.6 Å². The van der Waals surface area contributed by atoms with Crippen molar-refractivity contribution in [3.63, 3.8) is 0 Å². The molecule has 1 aliphatic rings. The summed E-state index contributed by atoms with van der Waals surface area (Å²) in [5.74, 6) is -0.0540. The Balaban J connectivity index is 1.68. The molecule has 0 aromatic heterocycles. The van der Waals surface area contributed by atoms with E-state index in [-0.39, 0.29) is 11.7 Å². The molecule has 23 heavy (non-hydrogen) atoms. The second kappa shape index (κ2) is 8.42. The molecule has 0 aliphatic carbocycles. The van der Waals surface area contributed by atoms with E-state index in [4.69, 9.17) is 5.73 Å². The van der Waals surface area contributed by atoms with Crippen molar-refractivity contribution in [3.05, 3.63) is 35.9 Å². The van der Waals surface area contributed by atoms with Gasteiger partial charge in [-0.3, -0.25) is 4.79 Å². The van der Waals surface area contributed by atoms with Crippen LogP contribution in [-0.2, 0) is 20.6 Å². The van der Waals surface area contributed by atoms with Crippen LogP contribution in [0.4, 0.5) is 0 Å². The van der Waals surface area contributed by atoms with Gasteiger partial charge in [-0.2, -0.15) is 0 Å². The third-order valence-corrected chi connectivity index (χ3v) is 5.31. The van der Waals surface area contributed by atoms with E-state index >= 15 is 0 Å². The van der Waals surface area contributed by atoms with Crippen LogP contribution < -0.4 is 10.5 Å². The summed E-state index contributed by atoms with van der Waals surface area (Å²) in [7, 11) is -3.35. The number of rotatable bonds is 8. The molecule has 3 N–H and O–H groups in total. The molecular formula is C16H25N3O3S. The zero-order valence-corrected chi connectivity index (χ0v) is 14.1. The Labute approximate surface area is 138 Å². The number of benzene rings is 1. The van der Waals surface area contributed by atoms with Crippen molar-refractivity contribution >= 4 is 15.9 Å². The fourth-order valence-electron chi connectivity index (χ4n) is 2.69. The summed E-state index contributed by atoms with van der Waals surface area (Å²) in [5, 5.41) is 0. The Bertz CT molecular complexity index is 598. The second-order valence-electron chi connectivity index (χ2n) is 5.92. The van der Waals surface area contributed by atoms with Crippen molar-refractivity contribution < 1.29 is 13.2 Å². The number of amides is 1. The zero-order chi connectivity index (χ0) is 16.7. The summed E-state index contributed by atoms with van der Waals surface area (Å²) in [5.41, 5.74) is 6.65. The monoisotopic (exact) mass is 339 g/mol. The largest absolute Gasteiger partial charge is 0.341 e. The molecule has 0 spiro atoms. The summed E-state index contributed by atoms with van der Waals surface area (Å²) >= 11 is 0. The number of nitrogens with one attached hydrogen (secondary N) is 1. The first-order valence-electron chi connectivity index (χ1n) is 8.03. The minimum absolute atomic E-state index is 0.0188. The quantitative estimate of drug-likeness (QED) is 0.686. The summed E-state index contributed by atoms with van der Waals surface area (Å²) in [4.78, 5) is 13.8. The topological polar surface area (TPSA) is 92.5 Å². The van der Waals surface area contributed by atoms with E-state index in [0.29, 0.717) is 19.4 Å². The first kappa shape index (κ1) is 17.9. The van der Waals surface area contributed by atoms with Crippen molar-refractivity contribution in [2.45, 2.75) is 37.5 Å². The van der Waals surface area contributed by atoms with E-state index in [0.717, 1.165) is 31.5 Å². The van der Waals surface area contributed by atoms with E-state index in [1.165, 1.54) is 0 Å². The first-order chi connectivity index (χ1) is 11.0. The number of likely N-dealkylation sites (tertiary alicyclic amines) is 1. The highest BCUT2D eigenvalue weighted by molar-refractivity contribution is 7.88. The number of carbonyl (C=O) groups is 1. The summed E-state index contributed by atoms with van der Waals surface area (Å²) in [6, 6.07) is 8.50. The average molecular weight is 339 g/mol. The molecule has 6 nitrogen and oxygen atoms in total. The Hall–Kier alpha value is -1.44. The van der Waals surface area contributed by atoms with Gasteiger partial charge in [-0.25, -0.2) is 13.1 Å². The highest BCUT2D eigenvalue weighted by Gasteiger charge is 2.23. The molecule has 1 aromatic rings. The molecule has 2 rings (SSSR count). The van der Waals surface area contributed by atoms with Gasteiger partial charge in [0.2, 0.25) is 15.9 Å². The lowest BCUT2D eigenvalue weighted by Crippen LogP contribution is -2.42. The molecule has 1 amide bonds. The highest BCUT2D eigenvalue weighted by atomic mass is 32.2. The lowest BCUT2D eigenvalue weighted by Gasteiger charge is -2.20. The Kier molecular flexibility index (Phi) is 6.56. The zero-order valence-electron chi connectivity index (χ0n) is 13.3. The Morgan fingerprint density at radius 1 is 1.22 bits per heavy atom. The van der Waals surface area contributed by atoms with Gasteiger partial charge in [-0.05, 0) is 31.2 Å². The fraction of sp³-hybridized carbons (Fsp3) is 0.562. The van der Waals surface area contributed by atoms with Gasteiger partial charge in [0.25, 0.3) is 0 Å². The molecule has 128 valence electrons. The lowest BCUT2D eigenvalue weighted by atomic mass is 10.1. The summed E-state index contributed by atoms with van der Waals surface area (Å²) in [6.45, 7) is 1.88. The van der Waals surface area contributed by atoms with Crippen LogP contribution in [0.2, 0.25) is 0 Å². The van der Waals surface area contributed by atoms with Gasteiger partial charge >= 0.3 is 0 Å². The number of carbonyl (C=O) groups excluding carboxylic acids is 1. The number of hydrogen-bond donors (Lipinski definition) is 2. The van der Waals surface area contributed by atoms with Crippen LogP contribution in [0.3, 0.4) is 0 Å². The van der Waals surface area contributed by atoms with Gasteiger partial charge in [0.15, 0.2) is 0 Å². The van der Waals surface area contributed by atoms with Crippen LogP contribution in [0.25, 0.3) is 0 Å². The molecule has 1 aromatic carbocycles. The third kappa shape index (κ3) is 5.93. The molecule has 0 saturated carbocycles. The number of sulfonamides is 1. The van der Waals surface area contributed by atoms with Crippen LogP contribution in [-0.4, -0.2) is 44.9 Å². The minimum atomic E-state index is -3.35. The van der Waals surface area contributed by atoms with Gasteiger partial charge in [-0.15, -0.1) is 0 Å². The molecular weight excluding hydrogens is 314 g/mol. The Morgan fingerprint density at radius 3 is 2.52 bits per heavy atom. The molecule has 0 unspecified atom stereocenters. The highest BCUT2D eigenvalue weighted by Crippen LogP contribution is 2.10. The summed E-state index contributed by atoms with van der Waals surface area (Å²) < 4.78 is 26.5. The van der Waals surface area contributed by atoms with Crippen molar-refractivity contribution in [1.29, 1.82) is 0 Å².